The predicted molar refractivity (Wildman–Crippen MR) is 253 cm³/mol. The summed E-state index contributed by atoms with van der Waals surface area (Å²) < 4.78 is 38.8. The number of hydrogen-bond donors (Lipinski definition) is 3. The van der Waals surface area contributed by atoms with Gasteiger partial charge in [0.15, 0.2) is 5.82 Å². The molecule has 1 aliphatic carbocycles. The van der Waals surface area contributed by atoms with Crippen LogP contribution in [0.2, 0.25) is 0 Å². The van der Waals surface area contributed by atoms with Gasteiger partial charge in [0.1, 0.15) is 34.6 Å². The van der Waals surface area contributed by atoms with Gasteiger partial charge in [0.2, 0.25) is 11.8 Å². The molecule has 4 amide bonds. The maximum atomic E-state index is 17.1. The van der Waals surface area contributed by atoms with Crippen LogP contribution < -0.4 is 19.9 Å². The Hall–Kier alpha value is -6.33. The Labute approximate surface area is 397 Å². The summed E-state index contributed by atoms with van der Waals surface area (Å²) in [5, 5.41) is 25.5. The number of benzene rings is 3. The summed E-state index contributed by atoms with van der Waals surface area (Å²) in [5.41, 5.74) is 1.12. The van der Waals surface area contributed by atoms with E-state index in [9.17, 15) is 29.4 Å². The van der Waals surface area contributed by atoms with Crippen LogP contribution in [-0.2, 0) is 16.0 Å². The lowest BCUT2D eigenvalue weighted by atomic mass is 9.71. The van der Waals surface area contributed by atoms with Crippen LogP contribution in [0.3, 0.4) is 0 Å². The Morgan fingerprint density at radius 2 is 1.61 bits per heavy atom. The lowest BCUT2D eigenvalue weighted by Crippen LogP contribution is -2.54. The first-order valence-electron chi connectivity index (χ1n) is 24.4. The number of piperidine rings is 4. The Kier molecular flexibility index (Phi) is 11.1. The molecule has 0 radical (unpaired) electrons. The van der Waals surface area contributed by atoms with Crippen LogP contribution >= 0.6 is 0 Å². The van der Waals surface area contributed by atoms with E-state index in [2.05, 4.69) is 25.1 Å². The number of halogens is 2. The number of hydrogen-bond acceptors (Lipinski definition) is 13. The van der Waals surface area contributed by atoms with Gasteiger partial charge in [-0.15, -0.1) is 0 Å². The van der Waals surface area contributed by atoms with Gasteiger partial charge in [0.25, 0.3) is 11.8 Å². The highest BCUT2D eigenvalue weighted by molar-refractivity contribution is 6.23. The lowest BCUT2D eigenvalue weighted by molar-refractivity contribution is -0.136. The minimum absolute atomic E-state index is 0.00966. The number of nitrogens with zero attached hydrogens (tertiary/aromatic N) is 7. The Balaban J connectivity index is 0.768. The number of rotatable bonds is 10. The molecule has 4 saturated heterocycles. The number of carbonyl (C=O) groups excluding carboxylic acids is 4. The van der Waals surface area contributed by atoms with Gasteiger partial charge in [-0.2, -0.15) is 9.97 Å². The number of aromatic nitrogens is 3. The van der Waals surface area contributed by atoms with E-state index in [1.54, 1.807) is 25.1 Å². The highest BCUT2D eigenvalue weighted by atomic mass is 19.1. The molecule has 1 unspecified atom stereocenters. The zero-order chi connectivity index (χ0) is 48.0. The highest BCUT2D eigenvalue weighted by Gasteiger charge is 2.48. The number of pyridine rings is 1. The Morgan fingerprint density at radius 3 is 2.33 bits per heavy atom. The molecule has 5 fully saturated rings. The lowest BCUT2D eigenvalue weighted by Gasteiger charge is -2.48. The van der Waals surface area contributed by atoms with E-state index < -0.39 is 46.9 Å². The van der Waals surface area contributed by atoms with Gasteiger partial charge in [-0.1, -0.05) is 13.0 Å². The molecule has 1 saturated carbocycles. The Morgan fingerprint density at radius 1 is 0.855 bits per heavy atom. The smallest absolute Gasteiger partial charge is 0.319 e. The summed E-state index contributed by atoms with van der Waals surface area (Å²) in [7, 11) is 0. The van der Waals surface area contributed by atoms with Crippen molar-refractivity contribution in [3.63, 3.8) is 0 Å². The number of ether oxygens (including phenoxy) is 1. The molecule has 11 rings (SSSR count). The maximum absolute atomic E-state index is 17.1. The summed E-state index contributed by atoms with van der Waals surface area (Å²) in [4.78, 5) is 72.9. The number of amides is 4. The second-order valence-corrected chi connectivity index (χ2v) is 20.7. The fraction of sp³-hybridized carbons (Fsp3) is 0.481. The van der Waals surface area contributed by atoms with Crippen LogP contribution in [0.4, 0.5) is 20.3 Å². The third kappa shape index (κ3) is 8.20. The van der Waals surface area contributed by atoms with E-state index in [0.717, 1.165) is 81.8 Å². The molecule has 0 bridgehead atoms. The molecule has 5 aromatic rings. The number of imide groups is 2. The highest BCUT2D eigenvalue weighted by Crippen LogP contribution is 2.49. The molecule has 2 atom stereocenters. The number of aromatic hydroxyl groups is 1. The molecule has 5 aliphatic heterocycles. The van der Waals surface area contributed by atoms with E-state index in [-0.39, 0.29) is 64.3 Å². The van der Waals surface area contributed by atoms with E-state index in [1.807, 2.05) is 17.9 Å². The van der Waals surface area contributed by atoms with Crippen molar-refractivity contribution < 1.29 is 42.9 Å². The number of aryl methyl sites for hydroxylation is 1. The van der Waals surface area contributed by atoms with Crippen molar-refractivity contribution in [2.45, 2.75) is 96.1 Å². The number of phenols is 1. The molecule has 15 nitrogen and oxygen atoms in total. The molecular formula is C52H56F2N8O7. The molecular weight excluding hydrogens is 887 g/mol. The van der Waals surface area contributed by atoms with Crippen molar-refractivity contribution in [3.8, 4) is 23.0 Å². The summed E-state index contributed by atoms with van der Waals surface area (Å²) in [6.07, 6.45) is 9.45. The van der Waals surface area contributed by atoms with Gasteiger partial charge in [-0.3, -0.25) is 34.4 Å². The standard InChI is InChI=1S/C52H56F2N8O7/c1-3-33-38(53)8-5-30-23-32(63)25-36(41(30)33)43-42(54)44-37(26-55-43)45(61-18-4-11-50(2,68)27-61)58-49(57-44)69-29-52(12-13-52)28-59-19-14-51(15-20-59)16-21-60(22-17-51)31-6-7-34-35(24-31)48(67)62(47(34)66)39-9-10-40(64)56-46(39)65/h5-8,23-26,39,63,68H,3-4,9-22,27-29H2,1-2H3,(H,56,64,65)/t39?,50-/m1/s1. The average Bonchev–Trinajstić information content (AvgIpc) is 4.06. The molecule has 2 aromatic heterocycles. The van der Waals surface area contributed by atoms with Crippen LogP contribution in [0.5, 0.6) is 11.8 Å². The minimum Gasteiger partial charge on any atom is -0.508 e. The zero-order valence-corrected chi connectivity index (χ0v) is 39.0. The van der Waals surface area contributed by atoms with Gasteiger partial charge in [-0.05, 0) is 142 Å². The van der Waals surface area contributed by atoms with E-state index in [0.29, 0.717) is 65.5 Å². The molecule has 69 heavy (non-hydrogen) atoms. The number of likely N-dealkylation sites (tertiary alicyclic amines) is 1. The maximum Gasteiger partial charge on any atom is 0.319 e. The minimum atomic E-state index is -0.999. The van der Waals surface area contributed by atoms with Gasteiger partial charge in [0.05, 0.1) is 28.7 Å². The van der Waals surface area contributed by atoms with Crippen LogP contribution in [0.15, 0.2) is 48.7 Å². The molecule has 360 valence electrons. The number of nitrogens with one attached hydrogen (secondary N) is 1. The van der Waals surface area contributed by atoms with E-state index in [4.69, 9.17) is 9.72 Å². The molecule has 7 heterocycles. The van der Waals surface area contributed by atoms with Gasteiger partial charge < -0.3 is 29.6 Å². The summed E-state index contributed by atoms with van der Waals surface area (Å²) >= 11 is 0. The molecule has 1 spiro atoms. The van der Waals surface area contributed by atoms with Crippen LogP contribution in [0.1, 0.15) is 104 Å². The largest absolute Gasteiger partial charge is 0.508 e. The van der Waals surface area contributed by atoms with E-state index in [1.165, 1.54) is 24.4 Å². The topological polar surface area (TPSA) is 182 Å². The second-order valence-electron chi connectivity index (χ2n) is 20.7. The van der Waals surface area contributed by atoms with Crippen molar-refractivity contribution in [2.24, 2.45) is 10.8 Å². The van der Waals surface area contributed by atoms with Crippen LogP contribution in [-0.4, -0.2) is 123 Å². The van der Waals surface area contributed by atoms with Gasteiger partial charge in [-0.25, -0.2) is 8.78 Å². The zero-order valence-electron chi connectivity index (χ0n) is 39.0. The SMILES string of the molecule is CCc1c(F)ccc2cc(O)cc(-c3ncc4c(N5CCC[C@@](C)(O)C5)nc(OCC5(CN6CCC7(CC6)CCN(c6ccc8c(c6)C(=O)N(C6CCC(=O)NC6=O)C8=O)CC7)CC5)nc4c3F)c12. The average molecular weight is 943 g/mol. The molecule has 3 N–H and O–H groups in total. The molecule has 6 aliphatic rings. The number of aliphatic hydroxyl groups is 1. The molecule has 3 aromatic carbocycles. The first-order valence-corrected chi connectivity index (χ1v) is 24.4. The summed E-state index contributed by atoms with van der Waals surface area (Å²) in [6.45, 7) is 9.22. The summed E-state index contributed by atoms with van der Waals surface area (Å²) in [5.74, 6) is -2.88. The van der Waals surface area contributed by atoms with Crippen molar-refractivity contribution >= 4 is 56.8 Å². The van der Waals surface area contributed by atoms with Crippen molar-refractivity contribution in [2.75, 3.05) is 62.2 Å². The monoisotopic (exact) mass is 942 g/mol. The number of β-amino-alcohol motifs (C(OH)–C–C–N with tert-alkyl or cyclic N) is 1. The van der Waals surface area contributed by atoms with Gasteiger partial charge in [0, 0.05) is 62.0 Å². The fourth-order valence-electron chi connectivity index (χ4n) is 11.7. The normalized spacial score (nSPS) is 23.6. The van der Waals surface area contributed by atoms with Crippen molar-refractivity contribution in [1.29, 1.82) is 0 Å². The van der Waals surface area contributed by atoms with Crippen LogP contribution in [0.25, 0.3) is 32.9 Å². The summed E-state index contributed by atoms with van der Waals surface area (Å²) in [6, 6.07) is 10.2. The Bertz CT molecular complexity index is 2960. The van der Waals surface area contributed by atoms with E-state index >= 15 is 8.78 Å². The number of phenolic OH excluding ortho intramolecular Hbond substituents is 1. The quantitative estimate of drug-likeness (QED) is 0.126. The first kappa shape index (κ1) is 45.1. The fourth-order valence-corrected chi connectivity index (χ4v) is 11.7. The number of carbonyl (C=O) groups is 4. The molecule has 17 heteroatoms. The third-order valence-corrected chi connectivity index (χ3v) is 15.9. The van der Waals surface area contributed by atoms with Gasteiger partial charge >= 0.3 is 6.01 Å². The van der Waals surface area contributed by atoms with Crippen molar-refractivity contribution in [1.82, 2.24) is 30.1 Å². The third-order valence-electron chi connectivity index (χ3n) is 15.9. The number of fused-ring (bicyclic) bond motifs is 3. The second kappa shape index (κ2) is 17.0. The first-order chi connectivity index (χ1) is 33.1. The predicted octanol–water partition coefficient (Wildman–Crippen LogP) is 6.69. The van der Waals surface area contributed by atoms with Crippen molar-refractivity contribution in [3.05, 3.63) is 77.0 Å². The number of anilines is 2. The van der Waals surface area contributed by atoms with Crippen LogP contribution in [0, 0.1) is 22.5 Å².